The zero-order valence-electron chi connectivity index (χ0n) is 14.2. The van der Waals surface area contributed by atoms with E-state index < -0.39 is 0 Å². The van der Waals surface area contributed by atoms with Gasteiger partial charge in [-0.2, -0.15) is 4.98 Å². The Kier molecular flexibility index (Phi) is 5.88. The summed E-state index contributed by atoms with van der Waals surface area (Å²) in [5, 5.41) is 15.8. The molecule has 0 atom stereocenters. The lowest BCUT2D eigenvalue weighted by Crippen LogP contribution is -2.09. The number of aryl methyl sites for hydroxylation is 1. The second-order valence-electron chi connectivity index (χ2n) is 5.57. The number of rotatable bonds is 7. The van der Waals surface area contributed by atoms with Crippen LogP contribution in [0.25, 0.3) is 0 Å². The molecule has 134 valence electrons. The third-order valence-electron chi connectivity index (χ3n) is 3.43. The molecule has 0 aliphatic heterocycles. The van der Waals surface area contributed by atoms with Gasteiger partial charge in [0.15, 0.2) is 0 Å². The average molecular weight is 371 g/mol. The van der Waals surface area contributed by atoms with Gasteiger partial charge in [-0.3, -0.25) is 0 Å². The molecule has 7 heteroatoms. The maximum absolute atomic E-state index is 8.91. The van der Waals surface area contributed by atoms with Crippen LogP contribution in [-0.2, 0) is 0 Å². The molecule has 3 aromatic rings. The van der Waals surface area contributed by atoms with Crippen molar-refractivity contribution >= 4 is 29.1 Å². The van der Waals surface area contributed by atoms with Crippen molar-refractivity contribution in [2.45, 2.75) is 6.92 Å². The highest BCUT2D eigenvalue weighted by Crippen LogP contribution is 2.25. The molecule has 3 rings (SSSR count). The summed E-state index contributed by atoms with van der Waals surface area (Å²) in [6, 6.07) is 16.5. The molecule has 3 N–H and O–H groups in total. The van der Waals surface area contributed by atoms with Crippen molar-refractivity contribution in [2.75, 3.05) is 23.8 Å². The van der Waals surface area contributed by atoms with E-state index in [1.807, 2.05) is 49.4 Å². The quantitative estimate of drug-likeness (QED) is 0.572. The number of hydrogen-bond donors (Lipinski definition) is 3. The highest BCUT2D eigenvalue weighted by Gasteiger charge is 2.04. The number of nitrogens with zero attached hydrogens (tertiary/aromatic N) is 2. The highest BCUT2D eigenvalue weighted by molar-refractivity contribution is 6.30. The molecule has 1 aromatic heterocycles. The summed E-state index contributed by atoms with van der Waals surface area (Å²) < 4.78 is 5.77. The number of aromatic nitrogens is 2. The number of hydrogen-bond acceptors (Lipinski definition) is 6. The molecular weight excluding hydrogens is 352 g/mol. The summed E-state index contributed by atoms with van der Waals surface area (Å²) in [4.78, 5) is 8.74. The van der Waals surface area contributed by atoms with E-state index in [-0.39, 0.29) is 6.61 Å². The average Bonchev–Trinajstić information content (AvgIpc) is 2.63. The van der Waals surface area contributed by atoms with Gasteiger partial charge in [0.2, 0.25) is 5.95 Å². The molecule has 26 heavy (non-hydrogen) atoms. The Hall–Kier alpha value is -2.83. The van der Waals surface area contributed by atoms with Crippen molar-refractivity contribution in [1.82, 2.24) is 9.97 Å². The Balaban J connectivity index is 1.67. The van der Waals surface area contributed by atoms with Gasteiger partial charge in [-0.1, -0.05) is 11.6 Å². The molecule has 2 aromatic carbocycles. The number of aliphatic hydroxyl groups is 1. The fraction of sp³-hybridized carbons (Fsp3) is 0.158. The molecule has 6 nitrogen and oxygen atoms in total. The van der Waals surface area contributed by atoms with Gasteiger partial charge in [-0.15, -0.1) is 0 Å². The fourth-order valence-corrected chi connectivity index (χ4v) is 2.40. The maximum atomic E-state index is 8.91. The van der Waals surface area contributed by atoms with Gasteiger partial charge in [0, 0.05) is 29.0 Å². The Morgan fingerprint density at radius 1 is 1.00 bits per heavy atom. The van der Waals surface area contributed by atoms with Gasteiger partial charge in [-0.05, 0) is 55.5 Å². The summed E-state index contributed by atoms with van der Waals surface area (Å²) in [5.41, 5.74) is 1.66. The predicted octanol–water partition coefficient (Wildman–Crippen LogP) is 4.38. The second kappa shape index (κ2) is 8.51. The van der Waals surface area contributed by atoms with Crippen molar-refractivity contribution in [3.05, 3.63) is 65.3 Å². The Morgan fingerprint density at radius 2 is 1.65 bits per heavy atom. The predicted molar refractivity (Wildman–Crippen MR) is 104 cm³/mol. The lowest BCUT2D eigenvalue weighted by atomic mass is 10.3. The summed E-state index contributed by atoms with van der Waals surface area (Å²) in [5.74, 6) is 2.58. The van der Waals surface area contributed by atoms with E-state index in [0.29, 0.717) is 29.1 Å². The van der Waals surface area contributed by atoms with Crippen molar-refractivity contribution in [1.29, 1.82) is 0 Å². The first-order chi connectivity index (χ1) is 12.6. The minimum absolute atomic E-state index is 0.0426. The smallest absolute Gasteiger partial charge is 0.229 e. The van der Waals surface area contributed by atoms with Crippen LogP contribution in [0.5, 0.6) is 11.5 Å². The van der Waals surface area contributed by atoms with E-state index >= 15 is 0 Å². The third-order valence-corrected chi connectivity index (χ3v) is 3.68. The third kappa shape index (κ3) is 5.08. The van der Waals surface area contributed by atoms with E-state index in [4.69, 9.17) is 21.4 Å². The summed E-state index contributed by atoms with van der Waals surface area (Å²) in [6.07, 6.45) is 0. The van der Waals surface area contributed by atoms with E-state index in [9.17, 15) is 0 Å². The zero-order chi connectivity index (χ0) is 18.4. The van der Waals surface area contributed by atoms with Crippen LogP contribution in [0, 0.1) is 6.92 Å². The lowest BCUT2D eigenvalue weighted by Gasteiger charge is -2.10. The molecule has 0 bridgehead atoms. The number of halogens is 1. The Labute approximate surface area is 156 Å². The number of nitrogens with one attached hydrogen (secondary N) is 2. The maximum Gasteiger partial charge on any atom is 0.229 e. The normalized spacial score (nSPS) is 10.4. The van der Waals surface area contributed by atoms with Crippen LogP contribution < -0.4 is 15.4 Å². The summed E-state index contributed by atoms with van der Waals surface area (Å²) in [7, 11) is 0. The van der Waals surface area contributed by atoms with Crippen LogP contribution in [0.15, 0.2) is 54.6 Å². The molecular formula is C19H19ClN4O2. The van der Waals surface area contributed by atoms with Crippen molar-refractivity contribution in [3.63, 3.8) is 0 Å². The van der Waals surface area contributed by atoms with Crippen molar-refractivity contribution in [3.8, 4) is 11.5 Å². The molecule has 1 heterocycles. The molecule has 0 saturated heterocycles. The number of anilines is 3. The Morgan fingerprint density at radius 3 is 2.31 bits per heavy atom. The zero-order valence-corrected chi connectivity index (χ0v) is 15.0. The van der Waals surface area contributed by atoms with Crippen LogP contribution in [-0.4, -0.2) is 28.2 Å². The first kappa shape index (κ1) is 18.0. The van der Waals surface area contributed by atoms with Crippen molar-refractivity contribution < 1.29 is 9.84 Å². The van der Waals surface area contributed by atoms with Crippen LogP contribution in [0.2, 0.25) is 5.02 Å². The summed E-state index contributed by atoms with van der Waals surface area (Å²) in [6.45, 7) is 2.37. The molecule has 0 aliphatic carbocycles. The topological polar surface area (TPSA) is 79.3 Å². The number of aliphatic hydroxyl groups excluding tert-OH is 1. The first-order valence-corrected chi connectivity index (χ1v) is 8.51. The highest BCUT2D eigenvalue weighted by atomic mass is 35.5. The van der Waals surface area contributed by atoms with Crippen LogP contribution in [0.4, 0.5) is 17.5 Å². The Bertz CT molecular complexity index is 854. The molecule has 0 aliphatic rings. The van der Waals surface area contributed by atoms with E-state index in [1.165, 1.54) is 0 Å². The molecule has 0 saturated carbocycles. The largest absolute Gasteiger partial charge is 0.457 e. The van der Waals surface area contributed by atoms with Crippen molar-refractivity contribution in [2.24, 2.45) is 0 Å². The van der Waals surface area contributed by atoms with E-state index in [0.717, 1.165) is 17.1 Å². The van der Waals surface area contributed by atoms with Gasteiger partial charge >= 0.3 is 0 Å². The van der Waals surface area contributed by atoms with Gasteiger partial charge in [-0.25, -0.2) is 4.98 Å². The van der Waals surface area contributed by atoms with Gasteiger partial charge < -0.3 is 20.5 Å². The molecule has 0 fully saturated rings. The van der Waals surface area contributed by atoms with Gasteiger partial charge in [0.05, 0.1) is 6.61 Å². The monoisotopic (exact) mass is 370 g/mol. The van der Waals surface area contributed by atoms with Crippen LogP contribution in [0.3, 0.4) is 0 Å². The van der Waals surface area contributed by atoms with Gasteiger partial charge in [0.1, 0.15) is 17.3 Å². The van der Waals surface area contributed by atoms with Gasteiger partial charge in [0.25, 0.3) is 0 Å². The first-order valence-electron chi connectivity index (χ1n) is 8.13. The second-order valence-corrected chi connectivity index (χ2v) is 6.01. The molecule has 0 amide bonds. The summed E-state index contributed by atoms with van der Waals surface area (Å²) >= 11 is 5.87. The van der Waals surface area contributed by atoms with E-state index in [1.54, 1.807) is 12.1 Å². The minimum Gasteiger partial charge on any atom is -0.457 e. The standard InChI is InChI=1S/C19H19ClN4O2/c1-13-12-18(21-10-11-25)24-19(22-13)23-15-4-8-17(9-5-15)26-16-6-2-14(20)3-7-16/h2-9,12,25H,10-11H2,1H3,(H2,21,22,23,24). The lowest BCUT2D eigenvalue weighted by molar-refractivity contribution is 0.311. The molecule has 0 radical (unpaired) electrons. The number of ether oxygens (including phenoxy) is 1. The van der Waals surface area contributed by atoms with E-state index in [2.05, 4.69) is 20.6 Å². The molecule has 0 spiro atoms. The molecule has 0 unspecified atom stereocenters. The number of benzene rings is 2. The van der Waals surface area contributed by atoms with Crippen LogP contribution in [0.1, 0.15) is 5.69 Å². The minimum atomic E-state index is 0.0426. The van der Waals surface area contributed by atoms with Crippen LogP contribution >= 0.6 is 11.6 Å². The fourth-order valence-electron chi connectivity index (χ4n) is 2.27. The SMILES string of the molecule is Cc1cc(NCCO)nc(Nc2ccc(Oc3ccc(Cl)cc3)cc2)n1.